The van der Waals surface area contributed by atoms with Crippen LogP contribution >= 0.6 is 24.8 Å². The van der Waals surface area contributed by atoms with Crippen molar-refractivity contribution in [3.8, 4) is 11.3 Å². The van der Waals surface area contributed by atoms with Gasteiger partial charge in [0.15, 0.2) is 11.7 Å². The molecule has 3 aromatic rings. The number of nitrogens with zero attached hydrogens (tertiary/aromatic N) is 2. The largest absolute Gasteiger partial charge is 0.441 e. The van der Waals surface area contributed by atoms with E-state index >= 15 is 0 Å². The molecule has 9 heteroatoms. The van der Waals surface area contributed by atoms with Crippen molar-refractivity contribution in [1.82, 2.24) is 9.88 Å². The first kappa shape index (κ1) is 24.8. The van der Waals surface area contributed by atoms with E-state index in [1.54, 1.807) is 4.90 Å². The summed E-state index contributed by atoms with van der Waals surface area (Å²) in [5.41, 5.74) is 7.52. The smallest absolute Gasteiger partial charge is 0.223 e. The molecule has 0 radical (unpaired) electrons. The van der Waals surface area contributed by atoms with Crippen LogP contribution in [0.25, 0.3) is 11.3 Å². The fourth-order valence-corrected chi connectivity index (χ4v) is 3.70. The van der Waals surface area contributed by atoms with Gasteiger partial charge in [-0.3, -0.25) is 4.79 Å². The van der Waals surface area contributed by atoms with Gasteiger partial charge in [-0.25, -0.2) is 13.8 Å². The van der Waals surface area contributed by atoms with E-state index in [2.05, 4.69) is 4.98 Å². The summed E-state index contributed by atoms with van der Waals surface area (Å²) in [7, 11) is 0. The van der Waals surface area contributed by atoms with Crippen LogP contribution < -0.4 is 5.73 Å². The van der Waals surface area contributed by atoms with Crippen LogP contribution in [0.4, 0.5) is 8.78 Å². The summed E-state index contributed by atoms with van der Waals surface area (Å²) < 4.78 is 32.5. The van der Waals surface area contributed by atoms with E-state index in [1.165, 1.54) is 12.3 Å². The minimum Gasteiger partial charge on any atom is -0.441 e. The number of carbonyl (C=O) groups is 1. The van der Waals surface area contributed by atoms with Gasteiger partial charge in [0.2, 0.25) is 5.91 Å². The van der Waals surface area contributed by atoms with E-state index in [4.69, 9.17) is 10.2 Å². The summed E-state index contributed by atoms with van der Waals surface area (Å²) in [5.74, 6) is -0.741. The van der Waals surface area contributed by atoms with E-state index in [9.17, 15) is 13.6 Å². The lowest BCUT2D eigenvalue weighted by atomic mass is 9.95. The van der Waals surface area contributed by atoms with Gasteiger partial charge in [0.05, 0.1) is 11.8 Å². The predicted molar refractivity (Wildman–Crippen MR) is 118 cm³/mol. The van der Waals surface area contributed by atoms with Gasteiger partial charge >= 0.3 is 0 Å². The Morgan fingerprint density at radius 2 is 1.87 bits per heavy atom. The number of hydrogen-bond acceptors (Lipinski definition) is 4. The van der Waals surface area contributed by atoms with Crippen molar-refractivity contribution in [3.63, 3.8) is 0 Å². The first-order valence-electron chi connectivity index (χ1n) is 9.49. The molecule has 1 aliphatic heterocycles. The molecule has 166 valence electrons. The number of amides is 1. The van der Waals surface area contributed by atoms with Gasteiger partial charge in [-0.2, -0.15) is 0 Å². The molecule has 0 saturated carbocycles. The third kappa shape index (κ3) is 5.61. The van der Waals surface area contributed by atoms with Crippen LogP contribution in [0, 0.1) is 11.6 Å². The molecule has 31 heavy (non-hydrogen) atoms. The van der Waals surface area contributed by atoms with Crippen molar-refractivity contribution in [2.24, 2.45) is 5.73 Å². The van der Waals surface area contributed by atoms with Crippen LogP contribution in [0.2, 0.25) is 0 Å². The molecule has 4 rings (SSSR count). The Bertz CT molecular complexity index is 1020. The van der Waals surface area contributed by atoms with E-state index in [0.717, 1.165) is 17.7 Å². The maximum atomic E-state index is 13.9. The van der Waals surface area contributed by atoms with Gasteiger partial charge in [0.1, 0.15) is 11.6 Å². The molecular weight excluding hydrogens is 447 g/mol. The normalized spacial score (nSPS) is 17.7. The van der Waals surface area contributed by atoms with Crippen LogP contribution in [0.5, 0.6) is 0 Å². The van der Waals surface area contributed by atoms with Crippen LogP contribution in [0.3, 0.4) is 0 Å². The Morgan fingerprint density at radius 1 is 1.13 bits per heavy atom. The molecule has 1 aromatic heterocycles. The average Bonchev–Trinajstić information content (AvgIpc) is 3.33. The Labute approximate surface area is 191 Å². The third-order valence-corrected chi connectivity index (χ3v) is 5.25. The quantitative estimate of drug-likeness (QED) is 0.602. The number of likely N-dealkylation sites (tertiary alicyclic amines) is 1. The lowest BCUT2D eigenvalue weighted by Crippen LogP contribution is -2.32. The van der Waals surface area contributed by atoms with Gasteiger partial charge < -0.3 is 15.1 Å². The van der Waals surface area contributed by atoms with Crippen molar-refractivity contribution in [3.05, 3.63) is 77.8 Å². The number of aromatic nitrogens is 1. The van der Waals surface area contributed by atoms with Gasteiger partial charge in [0, 0.05) is 44.0 Å². The summed E-state index contributed by atoms with van der Waals surface area (Å²) in [5, 5.41) is 0. The number of carbonyl (C=O) groups excluding carboxylic acids is 1. The first-order chi connectivity index (χ1) is 14.0. The highest BCUT2D eigenvalue weighted by Gasteiger charge is 2.33. The molecule has 2 aromatic carbocycles. The van der Waals surface area contributed by atoms with Crippen molar-refractivity contribution in [2.75, 3.05) is 13.1 Å². The van der Waals surface area contributed by atoms with E-state index in [0.29, 0.717) is 25.4 Å². The Kier molecular flexibility index (Phi) is 8.56. The lowest BCUT2D eigenvalue weighted by Gasteiger charge is -2.16. The number of aryl methyl sites for hydroxylation is 1. The van der Waals surface area contributed by atoms with Gasteiger partial charge in [0.25, 0.3) is 0 Å². The number of halogens is 4. The van der Waals surface area contributed by atoms with Crippen molar-refractivity contribution in [2.45, 2.75) is 24.8 Å². The van der Waals surface area contributed by atoms with Crippen LogP contribution in [0.1, 0.15) is 23.8 Å². The minimum absolute atomic E-state index is 0. The molecule has 0 aliphatic carbocycles. The molecule has 5 nitrogen and oxygen atoms in total. The second-order valence-electron chi connectivity index (χ2n) is 7.22. The first-order valence-corrected chi connectivity index (χ1v) is 9.49. The Morgan fingerprint density at radius 3 is 2.58 bits per heavy atom. The Hall–Kier alpha value is -2.48. The fourth-order valence-electron chi connectivity index (χ4n) is 3.70. The minimum atomic E-state index is -0.721. The zero-order valence-electron chi connectivity index (χ0n) is 16.5. The Balaban J connectivity index is 0.00000171. The summed E-state index contributed by atoms with van der Waals surface area (Å²) in [6.45, 7) is 1.09. The number of oxazole rings is 1. The van der Waals surface area contributed by atoms with E-state index in [1.807, 2.05) is 30.3 Å². The summed E-state index contributed by atoms with van der Waals surface area (Å²) >= 11 is 0. The van der Waals surface area contributed by atoms with Gasteiger partial charge in [-0.15, -0.1) is 24.8 Å². The van der Waals surface area contributed by atoms with Gasteiger partial charge in [-0.05, 0) is 17.7 Å². The van der Waals surface area contributed by atoms with Crippen molar-refractivity contribution in [1.29, 1.82) is 0 Å². The molecule has 1 amide bonds. The number of hydrogen-bond donors (Lipinski definition) is 1. The standard InChI is InChI=1S/C22H21F2N3O2.2ClH/c23-15-6-7-16(18(24)10-15)20-11-26-21(29-20)8-9-22(28)27-12-17(19(25)13-27)14-4-2-1-3-5-14;;/h1-7,10-11,17,19H,8-9,12-13,25H2;2*1H/t17-,19+;;/m0../s1. The number of rotatable bonds is 5. The maximum Gasteiger partial charge on any atom is 0.223 e. The number of nitrogens with two attached hydrogens (primary N) is 1. The van der Waals surface area contributed by atoms with E-state index in [-0.39, 0.29) is 60.4 Å². The highest BCUT2D eigenvalue weighted by molar-refractivity contribution is 5.85. The molecule has 2 heterocycles. The molecule has 2 atom stereocenters. The summed E-state index contributed by atoms with van der Waals surface area (Å²) in [6, 6.07) is 13.1. The number of benzene rings is 2. The third-order valence-electron chi connectivity index (χ3n) is 5.25. The summed E-state index contributed by atoms with van der Waals surface area (Å²) in [6.07, 6.45) is 1.90. The molecule has 1 saturated heterocycles. The second kappa shape index (κ2) is 10.7. The molecule has 0 bridgehead atoms. The van der Waals surface area contributed by atoms with Crippen LogP contribution in [-0.4, -0.2) is 34.9 Å². The predicted octanol–water partition coefficient (Wildman–Crippen LogP) is 4.35. The monoisotopic (exact) mass is 469 g/mol. The van der Waals surface area contributed by atoms with Gasteiger partial charge in [-0.1, -0.05) is 30.3 Å². The van der Waals surface area contributed by atoms with E-state index < -0.39 is 11.6 Å². The maximum absolute atomic E-state index is 13.9. The highest BCUT2D eigenvalue weighted by Crippen LogP contribution is 2.27. The van der Waals surface area contributed by atoms with Crippen molar-refractivity contribution < 1.29 is 18.0 Å². The zero-order valence-corrected chi connectivity index (χ0v) is 18.2. The highest BCUT2D eigenvalue weighted by atomic mass is 35.5. The van der Waals surface area contributed by atoms with Crippen molar-refractivity contribution >= 4 is 30.7 Å². The zero-order chi connectivity index (χ0) is 20.4. The summed E-state index contributed by atoms with van der Waals surface area (Å²) in [4.78, 5) is 18.5. The fraction of sp³-hybridized carbons (Fsp3) is 0.273. The lowest BCUT2D eigenvalue weighted by molar-refractivity contribution is -0.130. The van der Waals surface area contributed by atoms with Crippen LogP contribution in [-0.2, 0) is 11.2 Å². The SMILES string of the molecule is Cl.Cl.N[C@@H]1CN(C(=O)CCc2ncc(-c3ccc(F)cc3F)o2)C[C@H]1c1ccccc1. The molecule has 2 N–H and O–H groups in total. The second-order valence-corrected chi connectivity index (χ2v) is 7.22. The molecular formula is C22H23Cl2F2N3O2. The molecule has 1 fully saturated rings. The molecule has 0 unspecified atom stereocenters. The average molecular weight is 470 g/mol. The molecule has 1 aliphatic rings. The molecule has 0 spiro atoms. The topological polar surface area (TPSA) is 72.4 Å². The van der Waals surface area contributed by atoms with Crippen LogP contribution in [0.15, 0.2) is 59.1 Å².